The van der Waals surface area contributed by atoms with Gasteiger partial charge in [0.25, 0.3) is 5.91 Å². The number of piperidine rings is 2. The van der Waals surface area contributed by atoms with Crippen molar-refractivity contribution < 1.29 is 14.4 Å². The summed E-state index contributed by atoms with van der Waals surface area (Å²) in [6, 6.07) is 6.89. The Labute approximate surface area is 180 Å². The van der Waals surface area contributed by atoms with Gasteiger partial charge in [-0.3, -0.25) is 14.4 Å². The van der Waals surface area contributed by atoms with Crippen molar-refractivity contribution in [3.63, 3.8) is 0 Å². The minimum Gasteiger partial charge on any atom is -0.342 e. The van der Waals surface area contributed by atoms with Crippen molar-refractivity contribution in [2.75, 3.05) is 26.2 Å². The third kappa shape index (κ3) is 5.41. The number of amides is 3. The van der Waals surface area contributed by atoms with Crippen molar-refractivity contribution in [2.45, 2.75) is 58.9 Å². The molecule has 164 valence electrons. The number of likely N-dealkylation sites (tertiary alicyclic amines) is 2. The predicted octanol–water partition coefficient (Wildman–Crippen LogP) is 3.00. The molecule has 2 heterocycles. The summed E-state index contributed by atoms with van der Waals surface area (Å²) in [7, 11) is 0. The van der Waals surface area contributed by atoms with E-state index in [0.717, 1.165) is 50.8 Å². The van der Waals surface area contributed by atoms with Gasteiger partial charge in [-0.2, -0.15) is 0 Å². The Morgan fingerprint density at radius 3 is 2.00 bits per heavy atom. The highest BCUT2D eigenvalue weighted by Crippen LogP contribution is 2.25. The van der Waals surface area contributed by atoms with Gasteiger partial charge in [-0.05, 0) is 57.1 Å². The molecule has 30 heavy (non-hydrogen) atoms. The van der Waals surface area contributed by atoms with Crippen LogP contribution >= 0.6 is 0 Å². The van der Waals surface area contributed by atoms with E-state index in [4.69, 9.17) is 0 Å². The second-order valence-electron chi connectivity index (χ2n) is 9.02. The van der Waals surface area contributed by atoms with Gasteiger partial charge in [0.15, 0.2) is 0 Å². The number of aryl methyl sites for hydroxylation is 1. The molecule has 1 atom stereocenters. The largest absolute Gasteiger partial charge is 0.342 e. The van der Waals surface area contributed by atoms with E-state index in [-0.39, 0.29) is 29.6 Å². The molecule has 0 aromatic heterocycles. The molecule has 0 saturated carbocycles. The first-order valence-corrected chi connectivity index (χ1v) is 11.3. The average molecular weight is 414 g/mol. The van der Waals surface area contributed by atoms with Crippen molar-refractivity contribution in [3.05, 3.63) is 35.4 Å². The summed E-state index contributed by atoms with van der Waals surface area (Å²) in [5.74, 6) is 0.0181. The lowest BCUT2D eigenvalue weighted by molar-refractivity contribution is -0.138. The van der Waals surface area contributed by atoms with Crippen molar-refractivity contribution in [2.24, 2.45) is 11.8 Å². The van der Waals surface area contributed by atoms with Crippen LogP contribution < -0.4 is 5.32 Å². The number of nitrogens with zero attached hydrogens (tertiary/aromatic N) is 2. The zero-order chi connectivity index (χ0) is 21.7. The summed E-state index contributed by atoms with van der Waals surface area (Å²) in [5.41, 5.74) is 1.67. The number of hydrogen-bond acceptors (Lipinski definition) is 3. The maximum absolute atomic E-state index is 13.4. The fourth-order valence-electron chi connectivity index (χ4n) is 4.44. The normalized spacial score (nSPS) is 18.9. The fourth-order valence-corrected chi connectivity index (χ4v) is 4.44. The van der Waals surface area contributed by atoms with Gasteiger partial charge in [0, 0.05) is 37.7 Å². The number of benzene rings is 1. The smallest absolute Gasteiger partial charge is 0.251 e. The van der Waals surface area contributed by atoms with Gasteiger partial charge in [-0.1, -0.05) is 31.5 Å². The average Bonchev–Trinajstić information content (AvgIpc) is 2.77. The van der Waals surface area contributed by atoms with Crippen molar-refractivity contribution >= 4 is 17.7 Å². The Morgan fingerprint density at radius 2 is 1.43 bits per heavy atom. The van der Waals surface area contributed by atoms with Crippen molar-refractivity contribution in [1.82, 2.24) is 15.1 Å². The van der Waals surface area contributed by atoms with Crippen LogP contribution in [0.2, 0.25) is 0 Å². The molecule has 0 bridgehead atoms. The Balaban J connectivity index is 1.72. The van der Waals surface area contributed by atoms with Gasteiger partial charge in [0.1, 0.15) is 6.04 Å². The minimum atomic E-state index is -0.534. The van der Waals surface area contributed by atoms with Crippen LogP contribution in [0.5, 0.6) is 0 Å². The highest BCUT2D eigenvalue weighted by Gasteiger charge is 2.36. The lowest BCUT2D eigenvalue weighted by atomic mass is 9.87. The molecule has 2 fully saturated rings. The molecule has 1 unspecified atom stereocenters. The Morgan fingerprint density at radius 1 is 0.867 bits per heavy atom. The van der Waals surface area contributed by atoms with E-state index in [1.807, 2.05) is 42.7 Å². The van der Waals surface area contributed by atoms with Gasteiger partial charge in [-0.15, -0.1) is 0 Å². The van der Waals surface area contributed by atoms with E-state index in [1.54, 1.807) is 12.1 Å². The zero-order valence-electron chi connectivity index (χ0n) is 18.5. The van der Waals surface area contributed by atoms with E-state index in [1.165, 1.54) is 0 Å². The molecule has 2 aliphatic rings. The van der Waals surface area contributed by atoms with E-state index in [2.05, 4.69) is 5.32 Å². The second kappa shape index (κ2) is 10.1. The molecule has 6 nitrogen and oxygen atoms in total. The summed E-state index contributed by atoms with van der Waals surface area (Å²) in [4.78, 5) is 42.4. The molecular weight excluding hydrogens is 378 g/mol. The molecule has 1 N–H and O–H groups in total. The first-order valence-electron chi connectivity index (χ1n) is 11.3. The van der Waals surface area contributed by atoms with Gasteiger partial charge in [0.2, 0.25) is 11.8 Å². The van der Waals surface area contributed by atoms with Crippen LogP contribution in [0.3, 0.4) is 0 Å². The summed E-state index contributed by atoms with van der Waals surface area (Å²) in [6.45, 7) is 8.63. The summed E-state index contributed by atoms with van der Waals surface area (Å²) in [5, 5.41) is 3.05. The molecular formula is C24H35N3O3. The van der Waals surface area contributed by atoms with Crippen LogP contribution in [0.4, 0.5) is 0 Å². The van der Waals surface area contributed by atoms with E-state index >= 15 is 0 Å². The van der Waals surface area contributed by atoms with E-state index < -0.39 is 6.04 Å². The zero-order valence-corrected chi connectivity index (χ0v) is 18.5. The minimum absolute atomic E-state index is 0.0198. The first kappa shape index (κ1) is 22.3. The molecule has 1 aromatic rings. The number of hydrogen-bond donors (Lipinski definition) is 1. The predicted molar refractivity (Wildman–Crippen MR) is 117 cm³/mol. The molecule has 0 spiro atoms. The third-order valence-electron chi connectivity index (χ3n) is 6.35. The maximum atomic E-state index is 13.4. The monoisotopic (exact) mass is 413 g/mol. The van der Waals surface area contributed by atoms with Crippen molar-refractivity contribution in [3.8, 4) is 0 Å². The van der Waals surface area contributed by atoms with Crippen LogP contribution in [0.25, 0.3) is 0 Å². The standard InChI is InChI=1S/C24H35N3O3/c1-17(2)23(29)27-15-11-19(12-16-27)21(24(30)26-13-5-4-6-14-26)25-22(28)20-9-7-18(3)8-10-20/h7-10,17,19,21H,4-6,11-16H2,1-3H3,(H,25,28). The quantitative estimate of drug-likeness (QED) is 0.807. The highest BCUT2D eigenvalue weighted by molar-refractivity contribution is 5.97. The fraction of sp³-hybridized carbons (Fsp3) is 0.625. The third-order valence-corrected chi connectivity index (χ3v) is 6.35. The molecule has 2 aliphatic heterocycles. The molecule has 6 heteroatoms. The molecule has 0 radical (unpaired) electrons. The second-order valence-corrected chi connectivity index (χ2v) is 9.02. The van der Waals surface area contributed by atoms with Crippen LogP contribution in [0.1, 0.15) is 61.9 Å². The molecule has 3 amide bonds. The highest BCUT2D eigenvalue weighted by atomic mass is 16.2. The van der Waals surface area contributed by atoms with E-state index in [9.17, 15) is 14.4 Å². The van der Waals surface area contributed by atoms with Gasteiger partial charge in [0.05, 0.1) is 0 Å². The topological polar surface area (TPSA) is 69.7 Å². The lowest BCUT2D eigenvalue weighted by Crippen LogP contribution is -2.55. The molecule has 2 saturated heterocycles. The van der Waals surface area contributed by atoms with Crippen LogP contribution in [0, 0.1) is 18.8 Å². The maximum Gasteiger partial charge on any atom is 0.251 e. The molecule has 0 aliphatic carbocycles. The number of rotatable bonds is 5. The number of carbonyl (C=O) groups is 3. The van der Waals surface area contributed by atoms with Gasteiger partial charge < -0.3 is 15.1 Å². The Hall–Kier alpha value is -2.37. The number of nitrogens with one attached hydrogen (secondary N) is 1. The van der Waals surface area contributed by atoms with Crippen molar-refractivity contribution in [1.29, 1.82) is 0 Å². The van der Waals surface area contributed by atoms with E-state index in [0.29, 0.717) is 18.7 Å². The lowest BCUT2D eigenvalue weighted by Gasteiger charge is -2.39. The summed E-state index contributed by atoms with van der Waals surface area (Å²) < 4.78 is 0. The Bertz CT molecular complexity index is 745. The van der Waals surface area contributed by atoms with Crippen LogP contribution in [-0.4, -0.2) is 59.7 Å². The number of carbonyl (C=O) groups excluding carboxylic acids is 3. The summed E-state index contributed by atoms with van der Waals surface area (Å²) in [6.07, 6.45) is 4.66. The Kier molecular flexibility index (Phi) is 7.51. The summed E-state index contributed by atoms with van der Waals surface area (Å²) >= 11 is 0. The van der Waals surface area contributed by atoms with Gasteiger partial charge >= 0.3 is 0 Å². The van der Waals surface area contributed by atoms with Crippen LogP contribution in [0.15, 0.2) is 24.3 Å². The van der Waals surface area contributed by atoms with Gasteiger partial charge in [-0.25, -0.2) is 0 Å². The molecule has 1 aromatic carbocycles. The first-order chi connectivity index (χ1) is 14.4. The SMILES string of the molecule is Cc1ccc(C(=O)NC(C(=O)N2CCCCC2)C2CCN(C(=O)C(C)C)CC2)cc1. The molecule has 3 rings (SSSR count). The van der Waals surface area contributed by atoms with Crippen LogP contribution in [-0.2, 0) is 9.59 Å².